The van der Waals surface area contributed by atoms with Crippen LogP contribution in [0, 0.1) is 11.8 Å². The van der Waals surface area contributed by atoms with Gasteiger partial charge >= 0.3 is 0 Å². The van der Waals surface area contributed by atoms with Crippen LogP contribution in [-0.2, 0) is 14.3 Å². The predicted octanol–water partition coefficient (Wildman–Crippen LogP) is -0.187. The molecule has 2 amide bonds. The van der Waals surface area contributed by atoms with Crippen molar-refractivity contribution >= 4 is 17.6 Å². The molecule has 20 heavy (non-hydrogen) atoms. The van der Waals surface area contributed by atoms with Crippen molar-refractivity contribution in [1.82, 2.24) is 4.98 Å². The second-order valence-electron chi connectivity index (χ2n) is 4.59. The first kappa shape index (κ1) is 12.8. The van der Waals surface area contributed by atoms with Crippen LogP contribution in [0.2, 0.25) is 0 Å². The molecule has 6 nitrogen and oxygen atoms in total. The minimum Gasteiger partial charge on any atom is -0.355 e. The van der Waals surface area contributed by atoms with E-state index in [-0.39, 0.29) is 18.4 Å². The van der Waals surface area contributed by atoms with Crippen molar-refractivity contribution in [3.05, 3.63) is 23.9 Å². The molecule has 3 rings (SSSR count). The van der Waals surface area contributed by atoms with Crippen molar-refractivity contribution in [2.75, 3.05) is 11.4 Å². The molecular weight excluding hydrogens is 258 g/mol. The van der Waals surface area contributed by atoms with Gasteiger partial charge in [-0.1, -0.05) is 12.0 Å². The Bertz CT molecular complexity index is 610. The van der Waals surface area contributed by atoms with Gasteiger partial charge in [0.05, 0.1) is 6.54 Å². The Balaban J connectivity index is 1.95. The lowest BCUT2D eigenvalue weighted by atomic mass is 10.2. The topological polar surface area (TPSA) is 85.5 Å². The van der Waals surface area contributed by atoms with Gasteiger partial charge in [-0.3, -0.25) is 9.59 Å². The molecule has 1 aromatic heterocycles. The molecule has 0 aliphatic carbocycles. The van der Waals surface area contributed by atoms with Gasteiger partial charge in [-0.15, -0.1) is 0 Å². The van der Waals surface area contributed by atoms with E-state index < -0.39 is 12.2 Å². The van der Waals surface area contributed by atoms with Crippen molar-refractivity contribution in [1.29, 1.82) is 0 Å². The molecule has 2 atom stereocenters. The summed E-state index contributed by atoms with van der Waals surface area (Å²) in [6.07, 6.45) is 0.105. The maximum Gasteiger partial charge on any atom is 0.264 e. The smallest absolute Gasteiger partial charge is 0.264 e. The highest BCUT2D eigenvalue weighted by Crippen LogP contribution is 2.30. The number of carbonyl (C=O) groups excluding carboxylic acids is 2. The summed E-state index contributed by atoms with van der Waals surface area (Å²) in [7, 11) is 0. The summed E-state index contributed by atoms with van der Waals surface area (Å²) in [5.74, 6) is 5.08. The van der Waals surface area contributed by atoms with Crippen LogP contribution >= 0.6 is 0 Å². The number of imide groups is 1. The van der Waals surface area contributed by atoms with Gasteiger partial charge in [0.25, 0.3) is 11.8 Å². The molecule has 2 bridgehead atoms. The van der Waals surface area contributed by atoms with Gasteiger partial charge in [0.2, 0.25) is 0 Å². The highest BCUT2D eigenvalue weighted by atomic mass is 16.5. The molecule has 2 saturated heterocycles. The minimum atomic E-state index is -0.529. The first-order chi connectivity index (χ1) is 9.70. The van der Waals surface area contributed by atoms with E-state index in [0.29, 0.717) is 24.4 Å². The number of ether oxygens (including phenoxy) is 1. The third-order valence-electron chi connectivity index (χ3n) is 3.29. The zero-order valence-corrected chi connectivity index (χ0v) is 10.7. The molecule has 0 spiro atoms. The third kappa shape index (κ3) is 2.07. The van der Waals surface area contributed by atoms with Gasteiger partial charge in [-0.25, -0.2) is 9.88 Å². The first-order valence-electron chi connectivity index (χ1n) is 6.40. The van der Waals surface area contributed by atoms with E-state index in [2.05, 4.69) is 16.8 Å². The third-order valence-corrected chi connectivity index (χ3v) is 3.29. The quantitative estimate of drug-likeness (QED) is 0.565. The monoisotopic (exact) mass is 271 g/mol. The maximum absolute atomic E-state index is 12.2. The van der Waals surface area contributed by atoms with E-state index in [1.54, 1.807) is 18.2 Å². The lowest BCUT2D eigenvalue weighted by molar-refractivity contribution is -0.146. The Morgan fingerprint density at radius 1 is 1.30 bits per heavy atom. The standard InChI is InChI=1S/C14H13N3O3/c15-8-2-4-9-3-1-5-12(16-9)17-13(18)10-6-7-11(20-10)14(17)19/h1,3,5,10-11H,6-8,15H2. The summed E-state index contributed by atoms with van der Waals surface area (Å²) in [5, 5.41) is 0. The Morgan fingerprint density at radius 3 is 2.65 bits per heavy atom. The second kappa shape index (κ2) is 5.04. The summed E-state index contributed by atoms with van der Waals surface area (Å²) >= 11 is 0. The number of anilines is 1. The van der Waals surface area contributed by atoms with E-state index in [9.17, 15) is 9.59 Å². The summed E-state index contributed by atoms with van der Waals surface area (Å²) < 4.78 is 5.36. The van der Waals surface area contributed by atoms with Crippen molar-refractivity contribution in [3.63, 3.8) is 0 Å². The molecule has 102 valence electrons. The van der Waals surface area contributed by atoms with E-state index in [1.807, 2.05) is 0 Å². The minimum absolute atomic E-state index is 0.228. The molecule has 2 aliphatic rings. The van der Waals surface area contributed by atoms with Crippen molar-refractivity contribution in [3.8, 4) is 11.8 Å². The van der Waals surface area contributed by atoms with Gasteiger partial charge in [0.1, 0.15) is 23.7 Å². The van der Waals surface area contributed by atoms with Crippen LogP contribution < -0.4 is 10.6 Å². The number of rotatable bonds is 1. The largest absolute Gasteiger partial charge is 0.355 e. The van der Waals surface area contributed by atoms with Crippen LogP contribution in [0.15, 0.2) is 18.2 Å². The van der Waals surface area contributed by atoms with Crippen LogP contribution in [0.5, 0.6) is 0 Å². The highest BCUT2D eigenvalue weighted by molar-refractivity contribution is 6.19. The Hall–Kier alpha value is -2.23. The second-order valence-corrected chi connectivity index (χ2v) is 4.59. The molecule has 3 heterocycles. The Morgan fingerprint density at radius 2 is 2.00 bits per heavy atom. The van der Waals surface area contributed by atoms with Gasteiger partial charge < -0.3 is 10.5 Å². The van der Waals surface area contributed by atoms with Gasteiger partial charge in [0.15, 0.2) is 0 Å². The Kier molecular flexibility index (Phi) is 3.22. The SMILES string of the molecule is NCC#Cc1cccc(N2C(=O)C3CCC(O3)C2=O)n1. The van der Waals surface area contributed by atoms with E-state index in [4.69, 9.17) is 10.5 Å². The summed E-state index contributed by atoms with van der Waals surface area (Å²) in [6.45, 7) is 0.228. The molecule has 0 radical (unpaired) electrons. The maximum atomic E-state index is 12.2. The highest BCUT2D eigenvalue weighted by Gasteiger charge is 2.47. The number of hydrogen-bond acceptors (Lipinski definition) is 5. The zero-order chi connectivity index (χ0) is 14.1. The van der Waals surface area contributed by atoms with Gasteiger partial charge in [0, 0.05) is 0 Å². The number of hydrogen-bond donors (Lipinski definition) is 1. The predicted molar refractivity (Wildman–Crippen MR) is 70.6 cm³/mol. The number of nitrogens with zero attached hydrogens (tertiary/aromatic N) is 2. The molecule has 2 aliphatic heterocycles. The lowest BCUT2D eigenvalue weighted by Crippen LogP contribution is -2.52. The number of aromatic nitrogens is 1. The van der Waals surface area contributed by atoms with Crippen LogP contribution in [-0.4, -0.2) is 35.6 Å². The average Bonchev–Trinajstić information content (AvgIpc) is 2.91. The molecule has 2 unspecified atom stereocenters. The molecule has 0 aromatic carbocycles. The first-order valence-corrected chi connectivity index (χ1v) is 6.40. The van der Waals surface area contributed by atoms with Crippen molar-refractivity contribution in [2.24, 2.45) is 5.73 Å². The normalized spacial score (nSPS) is 24.6. The molecule has 6 heteroatoms. The number of fused-ring (bicyclic) bond motifs is 2. The number of morpholine rings is 1. The summed E-state index contributed by atoms with van der Waals surface area (Å²) in [6, 6.07) is 5.03. The zero-order valence-electron chi connectivity index (χ0n) is 10.7. The fourth-order valence-corrected chi connectivity index (χ4v) is 2.38. The van der Waals surface area contributed by atoms with E-state index in [1.165, 1.54) is 0 Å². The van der Waals surface area contributed by atoms with E-state index in [0.717, 1.165) is 4.90 Å². The number of carbonyl (C=O) groups is 2. The average molecular weight is 271 g/mol. The van der Waals surface area contributed by atoms with Crippen molar-refractivity contribution < 1.29 is 14.3 Å². The number of pyridine rings is 1. The van der Waals surface area contributed by atoms with Crippen LogP contribution in [0.3, 0.4) is 0 Å². The Labute approximate surface area is 115 Å². The fourth-order valence-electron chi connectivity index (χ4n) is 2.38. The fraction of sp³-hybridized carbons (Fsp3) is 0.357. The molecule has 0 saturated carbocycles. The summed E-state index contributed by atoms with van der Waals surface area (Å²) in [5.41, 5.74) is 5.79. The van der Waals surface area contributed by atoms with E-state index >= 15 is 0 Å². The molecule has 1 aromatic rings. The van der Waals surface area contributed by atoms with Crippen molar-refractivity contribution in [2.45, 2.75) is 25.0 Å². The molecule has 2 N–H and O–H groups in total. The summed E-state index contributed by atoms with van der Waals surface area (Å²) in [4.78, 5) is 29.7. The van der Waals surface area contributed by atoms with Gasteiger partial charge in [-0.05, 0) is 30.9 Å². The molecule has 2 fully saturated rings. The number of nitrogens with two attached hydrogens (primary N) is 1. The number of amides is 2. The van der Waals surface area contributed by atoms with Gasteiger partial charge in [-0.2, -0.15) is 0 Å². The molecular formula is C14H13N3O3. The van der Waals surface area contributed by atoms with Crippen LogP contribution in [0.25, 0.3) is 0 Å². The van der Waals surface area contributed by atoms with Crippen LogP contribution in [0.4, 0.5) is 5.82 Å². The lowest BCUT2D eigenvalue weighted by Gasteiger charge is -2.29. The van der Waals surface area contributed by atoms with Crippen LogP contribution in [0.1, 0.15) is 18.5 Å².